The second kappa shape index (κ2) is 4.27. The van der Waals surface area contributed by atoms with E-state index in [1.807, 2.05) is 0 Å². The van der Waals surface area contributed by atoms with Crippen LogP contribution in [0.25, 0.3) is 0 Å². The quantitative estimate of drug-likeness (QED) is 0.808. The van der Waals surface area contributed by atoms with Crippen molar-refractivity contribution in [2.75, 3.05) is 6.54 Å². The van der Waals surface area contributed by atoms with Gasteiger partial charge in [-0.2, -0.15) is 13.2 Å². The first-order valence-electron chi connectivity index (χ1n) is 6.60. The van der Waals surface area contributed by atoms with Crippen LogP contribution in [0.3, 0.4) is 0 Å². The minimum absolute atomic E-state index is 0.243. The van der Waals surface area contributed by atoms with Crippen LogP contribution in [0.15, 0.2) is 0 Å². The number of piperidine rings is 1. The van der Waals surface area contributed by atoms with Gasteiger partial charge >= 0.3 is 18.2 Å². The largest absolute Gasteiger partial charge is 0.480 e. The molecule has 0 bridgehead atoms. The van der Waals surface area contributed by atoms with E-state index < -0.39 is 47.1 Å². The Morgan fingerprint density at radius 3 is 2.19 bits per heavy atom. The van der Waals surface area contributed by atoms with Crippen LogP contribution < -0.4 is 0 Å². The highest BCUT2D eigenvalue weighted by Gasteiger charge is 2.81. The van der Waals surface area contributed by atoms with E-state index in [9.17, 15) is 27.9 Å². The molecule has 0 aromatic rings. The predicted molar refractivity (Wildman–Crippen MR) is 65.5 cm³/mol. The fourth-order valence-corrected chi connectivity index (χ4v) is 3.20. The van der Waals surface area contributed by atoms with Gasteiger partial charge < -0.3 is 9.84 Å². The second-order valence-corrected chi connectivity index (χ2v) is 6.83. The lowest BCUT2D eigenvalue weighted by Crippen LogP contribution is -2.49. The number of carbonyl (C=O) groups excluding carboxylic acids is 1. The number of rotatable bonds is 1. The molecule has 1 amide bonds. The zero-order valence-electron chi connectivity index (χ0n) is 12.2. The third kappa shape index (κ3) is 2.34. The molecule has 0 aromatic heterocycles. The summed E-state index contributed by atoms with van der Waals surface area (Å²) in [5, 5.41) is 9.21. The van der Waals surface area contributed by atoms with E-state index in [0.717, 1.165) is 11.8 Å². The molecule has 1 saturated heterocycles. The summed E-state index contributed by atoms with van der Waals surface area (Å²) in [7, 11) is 0. The summed E-state index contributed by atoms with van der Waals surface area (Å²) < 4.78 is 44.2. The Labute approximate surface area is 120 Å². The van der Waals surface area contributed by atoms with E-state index in [1.165, 1.54) is 0 Å². The maximum atomic E-state index is 13.1. The number of ether oxygens (including phenoxy) is 1. The molecular formula is C13H18F3NO4. The summed E-state index contributed by atoms with van der Waals surface area (Å²) in [6.45, 7) is 5.60. The molecule has 1 heterocycles. The number of nitrogens with zero attached hydrogens (tertiary/aromatic N) is 1. The standard InChI is InChI=1S/C13H18F3NO4/c1-11(2,3)21-10(20)17-5-6-7(8(17)9(18)19)12(6,4)13(14,15)16/h6-8H,5H2,1-4H3,(H,18,19)/t6-,7-,8-,12?/m0/s1. The van der Waals surface area contributed by atoms with E-state index >= 15 is 0 Å². The van der Waals surface area contributed by atoms with Gasteiger partial charge in [0.15, 0.2) is 0 Å². The number of alkyl halides is 3. The molecule has 2 rings (SSSR count). The predicted octanol–water partition coefficient (Wildman–Crippen LogP) is 2.50. The molecule has 2 fully saturated rings. The molecule has 1 N–H and O–H groups in total. The van der Waals surface area contributed by atoms with Gasteiger partial charge in [0.1, 0.15) is 11.6 Å². The lowest BCUT2D eigenvalue weighted by Gasteiger charge is -2.32. The van der Waals surface area contributed by atoms with Crippen molar-refractivity contribution in [1.29, 1.82) is 0 Å². The molecule has 1 saturated carbocycles. The average Bonchev–Trinajstić information content (AvgIpc) is 2.69. The summed E-state index contributed by atoms with van der Waals surface area (Å²) in [6.07, 6.45) is -5.36. The van der Waals surface area contributed by atoms with E-state index in [0.29, 0.717) is 0 Å². The van der Waals surface area contributed by atoms with Gasteiger partial charge in [0.05, 0.1) is 5.41 Å². The summed E-state index contributed by atoms with van der Waals surface area (Å²) in [4.78, 5) is 24.2. The van der Waals surface area contributed by atoms with Crippen molar-refractivity contribution in [1.82, 2.24) is 4.90 Å². The van der Waals surface area contributed by atoms with E-state index in [1.54, 1.807) is 20.8 Å². The number of halogens is 3. The summed E-state index contributed by atoms with van der Waals surface area (Å²) in [6, 6.07) is -1.49. The summed E-state index contributed by atoms with van der Waals surface area (Å²) >= 11 is 0. The van der Waals surface area contributed by atoms with Crippen molar-refractivity contribution in [3.63, 3.8) is 0 Å². The Balaban J connectivity index is 2.20. The van der Waals surface area contributed by atoms with E-state index in [4.69, 9.17) is 4.74 Å². The molecule has 8 heteroatoms. The number of carbonyl (C=O) groups is 2. The third-order valence-corrected chi connectivity index (χ3v) is 4.35. The number of likely N-dealkylation sites (tertiary alicyclic amines) is 1. The van der Waals surface area contributed by atoms with Crippen molar-refractivity contribution in [2.24, 2.45) is 17.3 Å². The molecule has 1 aliphatic heterocycles. The van der Waals surface area contributed by atoms with Crippen LogP contribution in [0.1, 0.15) is 27.7 Å². The topological polar surface area (TPSA) is 66.8 Å². The summed E-state index contributed by atoms with van der Waals surface area (Å²) in [5.74, 6) is -3.42. The van der Waals surface area contributed by atoms with Gasteiger partial charge in [-0.3, -0.25) is 4.90 Å². The van der Waals surface area contributed by atoms with Crippen LogP contribution in [0.4, 0.5) is 18.0 Å². The number of amides is 1. The van der Waals surface area contributed by atoms with Gasteiger partial charge in [-0.1, -0.05) is 6.92 Å². The molecule has 2 aliphatic rings. The fourth-order valence-electron chi connectivity index (χ4n) is 3.20. The van der Waals surface area contributed by atoms with Crippen LogP contribution in [-0.2, 0) is 9.53 Å². The lowest BCUT2D eigenvalue weighted by atomic mass is 9.98. The van der Waals surface area contributed by atoms with Crippen molar-refractivity contribution in [3.05, 3.63) is 0 Å². The number of aliphatic carboxylic acids is 1. The molecular weight excluding hydrogens is 291 g/mol. The third-order valence-electron chi connectivity index (χ3n) is 4.35. The summed E-state index contributed by atoms with van der Waals surface area (Å²) in [5.41, 5.74) is -2.87. The molecule has 1 aliphatic carbocycles. The molecule has 4 atom stereocenters. The normalized spacial score (nSPS) is 35.4. The van der Waals surface area contributed by atoms with Crippen molar-refractivity contribution in [2.45, 2.75) is 45.5 Å². The van der Waals surface area contributed by atoms with E-state index in [2.05, 4.69) is 0 Å². The van der Waals surface area contributed by atoms with Gasteiger partial charge in [0.25, 0.3) is 0 Å². The second-order valence-electron chi connectivity index (χ2n) is 6.83. The zero-order chi connectivity index (χ0) is 16.4. The number of carboxylic acids is 1. The maximum Gasteiger partial charge on any atom is 0.411 e. The van der Waals surface area contributed by atoms with Crippen molar-refractivity contribution >= 4 is 12.1 Å². The molecule has 0 aromatic carbocycles. The van der Waals surface area contributed by atoms with Gasteiger partial charge in [0.2, 0.25) is 0 Å². The van der Waals surface area contributed by atoms with Crippen LogP contribution in [-0.4, -0.2) is 46.4 Å². The molecule has 0 spiro atoms. The Morgan fingerprint density at radius 1 is 1.29 bits per heavy atom. The molecule has 5 nitrogen and oxygen atoms in total. The number of hydrogen-bond acceptors (Lipinski definition) is 3. The molecule has 120 valence electrons. The Hall–Kier alpha value is -1.47. The highest BCUT2D eigenvalue weighted by Crippen LogP contribution is 2.71. The Morgan fingerprint density at radius 2 is 1.81 bits per heavy atom. The first-order valence-corrected chi connectivity index (χ1v) is 6.60. The fraction of sp³-hybridized carbons (Fsp3) is 0.846. The Kier molecular flexibility index (Phi) is 3.23. The number of hydrogen-bond donors (Lipinski definition) is 1. The van der Waals surface area contributed by atoms with Crippen LogP contribution in [0.5, 0.6) is 0 Å². The minimum Gasteiger partial charge on any atom is -0.480 e. The van der Waals surface area contributed by atoms with Gasteiger partial charge in [-0.15, -0.1) is 0 Å². The van der Waals surface area contributed by atoms with Gasteiger partial charge in [-0.05, 0) is 26.7 Å². The first-order chi connectivity index (χ1) is 9.30. The first kappa shape index (κ1) is 15.9. The monoisotopic (exact) mass is 309 g/mol. The van der Waals surface area contributed by atoms with Crippen molar-refractivity contribution < 1.29 is 32.6 Å². The van der Waals surface area contributed by atoms with Crippen LogP contribution in [0.2, 0.25) is 0 Å². The maximum absolute atomic E-state index is 13.1. The van der Waals surface area contributed by atoms with Gasteiger partial charge in [0, 0.05) is 12.5 Å². The average molecular weight is 309 g/mol. The van der Waals surface area contributed by atoms with Crippen LogP contribution in [0, 0.1) is 17.3 Å². The van der Waals surface area contributed by atoms with Crippen LogP contribution >= 0.6 is 0 Å². The lowest BCUT2D eigenvalue weighted by molar-refractivity contribution is -0.197. The Bertz CT molecular complexity index is 485. The van der Waals surface area contributed by atoms with E-state index in [-0.39, 0.29) is 6.54 Å². The molecule has 1 unspecified atom stereocenters. The molecule has 21 heavy (non-hydrogen) atoms. The minimum atomic E-state index is -4.48. The smallest absolute Gasteiger partial charge is 0.411 e. The molecule has 0 radical (unpaired) electrons. The highest BCUT2D eigenvalue weighted by molar-refractivity contribution is 5.82. The number of fused-ring (bicyclic) bond motifs is 1. The SMILES string of the molecule is CC(C)(C)OC(=O)N1C[C@H]2[C@@H]([C@H]1C(=O)O)C2(C)C(F)(F)F. The van der Waals surface area contributed by atoms with Crippen molar-refractivity contribution in [3.8, 4) is 0 Å². The van der Waals surface area contributed by atoms with Gasteiger partial charge in [-0.25, -0.2) is 9.59 Å². The zero-order valence-corrected chi connectivity index (χ0v) is 12.2. The highest BCUT2D eigenvalue weighted by atomic mass is 19.4. The number of carboxylic acid groups (broad SMARTS) is 1.